The molecule has 2 nitrogen and oxygen atoms in total. The lowest BCUT2D eigenvalue weighted by Gasteiger charge is -2.06. The number of hydrogen-bond acceptors (Lipinski definition) is 2. The van der Waals surface area contributed by atoms with E-state index in [0.717, 1.165) is 25.1 Å². The summed E-state index contributed by atoms with van der Waals surface area (Å²) in [5, 5.41) is 3.22. The summed E-state index contributed by atoms with van der Waals surface area (Å²) in [6.45, 7) is 7.00. The van der Waals surface area contributed by atoms with Crippen LogP contribution in [0, 0.1) is 0 Å². The van der Waals surface area contributed by atoms with E-state index in [4.69, 9.17) is 0 Å². The summed E-state index contributed by atoms with van der Waals surface area (Å²) in [4.78, 5) is 11.0. The van der Waals surface area contributed by atoms with E-state index in [-0.39, 0.29) is 5.78 Å². The van der Waals surface area contributed by atoms with Gasteiger partial charge in [0.25, 0.3) is 0 Å². The molecule has 0 aromatic heterocycles. The zero-order valence-electron chi connectivity index (χ0n) is 8.31. The molecule has 0 amide bonds. The second-order valence-corrected chi connectivity index (χ2v) is 2.77. The van der Waals surface area contributed by atoms with Gasteiger partial charge in [0.05, 0.1) is 0 Å². The average molecular weight is 169 g/mol. The van der Waals surface area contributed by atoms with E-state index in [1.54, 1.807) is 6.08 Å². The Morgan fingerprint density at radius 2 is 1.92 bits per heavy atom. The molecule has 0 aromatic carbocycles. The van der Waals surface area contributed by atoms with Gasteiger partial charge in [0.15, 0.2) is 5.78 Å². The van der Waals surface area contributed by atoms with Gasteiger partial charge in [0, 0.05) is 18.7 Å². The van der Waals surface area contributed by atoms with Crippen molar-refractivity contribution in [2.24, 2.45) is 0 Å². The first-order valence-corrected chi connectivity index (χ1v) is 4.71. The van der Waals surface area contributed by atoms with Crippen LogP contribution in [0.15, 0.2) is 11.8 Å². The maximum absolute atomic E-state index is 11.0. The molecule has 0 fully saturated rings. The van der Waals surface area contributed by atoms with E-state index in [9.17, 15) is 4.79 Å². The summed E-state index contributed by atoms with van der Waals surface area (Å²) in [5.41, 5.74) is 1.06. The van der Waals surface area contributed by atoms with Crippen LogP contribution in [0.2, 0.25) is 0 Å². The van der Waals surface area contributed by atoms with E-state index >= 15 is 0 Å². The fraction of sp³-hybridized carbons (Fsp3) is 0.700. The first kappa shape index (κ1) is 11.2. The zero-order valence-corrected chi connectivity index (χ0v) is 8.31. The third-order valence-corrected chi connectivity index (χ3v) is 1.67. The maximum Gasteiger partial charge on any atom is 0.157 e. The number of allylic oxidation sites excluding steroid dienone is 2. The molecule has 0 aliphatic rings. The molecule has 0 aliphatic heterocycles. The maximum atomic E-state index is 11.0. The van der Waals surface area contributed by atoms with Gasteiger partial charge in [-0.3, -0.25) is 4.79 Å². The van der Waals surface area contributed by atoms with Crippen molar-refractivity contribution >= 4 is 5.78 Å². The molecule has 0 saturated carbocycles. The molecule has 70 valence electrons. The Bertz CT molecular complexity index is 161. The van der Waals surface area contributed by atoms with E-state index in [1.807, 2.05) is 6.92 Å². The lowest BCUT2D eigenvalue weighted by atomic mass is 10.2. The lowest BCUT2D eigenvalue weighted by molar-refractivity contribution is -0.114. The predicted octanol–water partition coefficient (Wildman–Crippen LogP) is 2.26. The van der Waals surface area contributed by atoms with Crippen molar-refractivity contribution in [1.82, 2.24) is 5.32 Å². The third kappa shape index (κ3) is 4.94. The van der Waals surface area contributed by atoms with Crippen molar-refractivity contribution in [3.05, 3.63) is 11.8 Å². The Kier molecular flexibility index (Phi) is 6.44. The van der Waals surface area contributed by atoms with Crippen LogP contribution in [0.1, 0.15) is 40.0 Å². The highest BCUT2D eigenvalue weighted by molar-refractivity contribution is 5.89. The number of hydrogen-bond donors (Lipinski definition) is 1. The summed E-state index contributed by atoms with van der Waals surface area (Å²) in [6.07, 6.45) is 4.32. The Balaban J connectivity index is 3.94. The zero-order chi connectivity index (χ0) is 9.40. The molecular formula is C10H19NO. The monoisotopic (exact) mass is 169 g/mol. The van der Waals surface area contributed by atoms with E-state index in [1.165, 1.54) is 0 Å². The fourth-order valence-electron chi connectivity index (χ4n) is 0.860. The minimum Gasteiger partial charge on any atom is -0.388 e. The van der Waals surface area contributed by atoms with Crippen LogP contribution in [0.4, 0.5) is 0 Å². The van der Waals surface area contributed by atoms with E-state index in [0.29, 0.717) is 6.42 Å². The molecule has 0 spiro atoms. The molecule has 0 aliphatic carbocycles. The highest BCUT2D eigenvalue weighted by Gasteiger charge is 1.96. The molecule has 0 radical (unpaired) electrons. The highest BCUT2D eigenvalue weighted by Crippen LogP contribution is 1.97. The standard InChI is InChI=1S/C10H19NO/c1-4-7-11-9(5-2)8-10(12)6-3/h8,11H,4-7H2,1-3H3/b9-8-. The Hall–Kier alpha value is -0.790. The summed E-state index contributed by atoms with van der Waals surface area (Å²) in [7, 11) is 0. The molecule has 0 bridgehead atoms. The molecule has 0 heterocycles. The number of ketones is 1. The van der Waals surface area contributed by atoms with Gasteiger partial charge in [-0.15, -0.1) is 0 Å². The van der Waals surface area contributed by atoms with Gasteiger partial charge < -0.3 is 5.32 Å². The lowest BCUT2D eigenvalue weighted by Crippen LogP contribution is -2.14. The number of nitrogens with one attached hydrogen (secondary N) is 1. The summed E-state index contributed by atoms with van der Waals surface area (Å²) < 4.78 is 0. The molecule has 12 heavy (non-hydrogen) atoms. The normalized spacial score (nSPS) is 11.4. The van der Waals surface area contributed by atoms with Gasteiger partial charge in [0.1, 0.15) is 0 Å². The highest BCUT2D eigenvalue weighted by atomic mass is 16.1. The third-order valence-electron chi connectivity index (χ3n) is 1.67. The van der Waals surface area contributed by atoms with Crippen molar-refractivity contribution in [3.8, 4) is 0 Å². The largest absolute Gasteiger partial charge is 0.388 e. The Labute approximate surface area is 75.0 Å². The van der Waals surface area contributed by atoms with Gasteiger partial charge in [0.2, 0.25) is 0 Å². The first-order chi connectivity index (χ1) is 5.74. The molecular weight excluding hydrogens is 150 g/mol. The molecule has 0 unspecified atom stereocenters. The molecule has 0 saturated heterocycles. The van der Waals surface area contributed by atoms with Crippen molar-refractivity contribution < 1.29 is 4.79 Å². The molecule has 2 heteroatoms. The molecule has 1 N–H and O–H groups in total. The summed E-state index contributed by atoms with van der Waals surface area (Å²) in [5.74, 6) is 0.204. The second kappa shape index (κ2) is 6.89. The number of carbonyl (C=O) groups is 1. The smallest absolute Gasteiger partial charge is 0.157 e. The van der Waals surface area contributed by atoms with Crippen molar-refractivity contribution in [2.45, 2.75) is 40.0 Å². The van der Waals surface area contributed by atoms with E-state index in [2.05, 4.69) is 19.2 Å². The second-order valence-electron chi connectivity index (χ2n) is 2.77. The van der Waals surface area contributed by atoms with Crippen molar-refractivity contribution in [1.29, 1.82) is 0 Å². The van der Waals surface area contributed by atoms with Crippen LogP contribution in [0.3, 0.4) is 0 Å². The van der Waals surface area contributed by atoms with Gasteiger partial charge >= 0.3 is 0 Å². The Morgan fingerprint density at radius 3 is 2.33 bits per heavy atom. The van der Waals surface area contributed by atoms with Crippen LogP contribution < -0.4 is 5.32 Å². The number of carbonyl (C=O) groups excluding carboxylic acids is 1. The van der Waals surface area contributed by atoms with Gasteiger partial charge in [-0.1, -0.05) is 20.8 Å². The van der Waals surface area contributed by atoms with Gasteiger partial charge in [-0.25, -0.2) is 0 Å². The van der Waals surface area contributed by atoms with Gasteiger partial charge in [-0.05, 0) is 18.9 Å². The fourth-order valence-corrected chi connectivity index (χ4v) is 0.860. The minimum absolute atomic E-state index is 0.204. The summed E-state index contributed by atoms with van der Waals surface area (Å²) >= 11 is 0. The van der Waals surface area contributed by atoms with Crippen LogP contribution in [0.5, 0.6) is 0 Å². The molecule has 0 rings (SSSR count). The van der Waals surface area contributed by atoms with Crippen LogP contribution in [-0.2, 0) is 4.79 Å². The van der Waals surface area contributed by atoms with E-state index < -0.39 is 0 Å². The number of rotatable bonds is 6. The Morgan fingerprint density at radius 1 is 1.25 bits per heavy atom. The van der Waals surface area contributed by atoms with Crippen molar-refractivity contribution in [3.63, 3.8) is 0 Å². The van der Waals surface area contributed by atoms with Gasteiger partial charge in [-0.2, -0.15) is 0 Å². The quantitative estimate of drug-likeness (QED) is 0.618. The van der Waals surface area contributed by atoms with Crippen LogP contribution >= 0.6 is 0 Å². The molecule has 0 aromatic rings. The minimum atomic E-state index is 0.204. The van der Waals surface area contributed by atoms with Crippen LogP contribution in [0.25, 0.3) is 0 Å². The topological polar surface area (TPSA) is 29.1 Å². The van der Waals surface area contributed by atoms with Crippen molar-refractivity contribution in [2.75, 3.05) is 6.54 Å². The summed E-state index contributed by atoms with van der Waals surface area (Å²) in [6, 6.07) is 0. The molecule has 0 atom stereocenters. The average Bonchev–Trinajstić information content (AvgIpc) is 2.11. The SMILES string of the molecule is CCCN/C(=C\C(=O)CC)CC. The first-order valence-electron chi connectivity index (χ1n) is 4.71. The predicted molar refractivity (Wildman–Crippen MR) is 52.0 cm³/mol. The van der Waals surface area contributed by atoms with Crippen LogP contribution in [-0.4, -0.2) is 12.3 Å².